The smallest absolute Gasteiger partial charge is 0.275 e. The molecule has 0 aliphatic heterocycles. The van der Waals surface area contributed by atoms with Crippen molar-refractivity contribution in [2.24, 2.45) is 7.05 Å². The molecule has 1 amide bonds. The molecule has 1 aromatic heterocycles. The third kappa shape index (κ3) is 4.08. The number of aliphatic hydroxyl groups excluding tert-OH is 1. The normalized spacial score (nSPS) is 21.7. The summed E-state index contributed by atoms with van der Waals surface area (Å²) in [7, 11) is -3.24. The fourth-order valence-electron chi connectivity index (χ4n) is 3.44. The summed E-state index contributed by atoms with van der Waals surface area (Å²) in [5, 5.41) is 21.8. The van der Waals surface area contributed by atoms with Gasteiger partial charge in [-0.25, -0.2) is 26.3 Å². The van der Waals surface area contributed by atoms with Crippen molar-refractivity contribution in [3.05, 3.63) is 47.5 Å². The summed E-state index contributed by atoms with van der Waals surface area (Å²) in [4.78, 5) is 11.6. The first kappa shape index (κ1) is 22.3. The van der Waals surface area contributed by atoms with Gasteiger partial charge in [-0.05, 0) is 31.4 Å². The maximum absolute atomic E-state index is 14.9. The van der Waals surface area contributed by atoms with E-state index in [0.717, 1.165) is 22.9 Å². The van der Waals surface area contributed by atoms with Gasteiger partial charge in [0.05, 0.1) is 12.6 Å². The van der Waals surface area contributed by atoms with Gasteiger partial charge in [0.15, 0.2) is 17.5 Å². The van der Waals surface area contributed by atoms with Gasteiger partial charge in [0, 0.05) is 25.0 Å². The number of aryl methyl sites for hydroxylation is 1. The van der Waals surface area contributed by atoms with Crippen molar-refractivity contribution in [2.75, 3.05) is 11.9 Å². The minimum Gasteiger partial charge on any atom is -0.393 e. The number of benzene rings is 1. The monoisotopic (exact) mass is 447 g/mol. The van der Waals surface area contributed by atoms with Gasteiger partial charge in [-0.15, -0.1) is 0 Å². The number of halogens is 3. The molecule has 164 valence electrons. The summed E-state index contributed by atoms with van der Waals surface area (Å²) in [5.41, 5.74) is -2.46. The second kappa shape index (κ2) is 8.02. The quantitative estimate of drug-likeness (QED) is 0.531. The van der Waals surface area contributed by atoms with E-state index in [0.29, 0.717) is 12.5 Å². The Morgan fingerprint density at radius 3 is 2.63 bits per heavy atom. The molecular formula is C18H20F3N3O5S. The number of sulfonamides is 1. The van der Waals surface area contributed by atoms with Crippen LogP contribution >= 0.6 is 0 Å². The van der Waals surface area contributed by atoms with Crippen molar-refractivity contribution in [1.82, 2.24) is 9.29 Å². The number of aliphatic hydroxyl groups is 2. The van der Waals surface area contributed by atoms with Gasteiger partial charge in [0.2, 0.25) is 10.0 Å². The lowest BCUT2D eigenvalue weighted by atomic mass is 10.0. The Balaban J connectivity index is 1.87. The first-order valence-corrected chi connectivity index (χ1v) is 10.4. The molecule has 0 bridgehead atoms. The maximum atomic E-state index is 14.9. The van der Waals surface area contributed by atoms with Gasteiger partial charge in [0.25, 0.3) is 5.91 Å². The first-order chi connectivity index (χ1) is 14.0. The molecule has 0 spiro atoms. The van der Waals surface area contributed by atoms with Gasteiger partial charge < -0.3 is 20.1 Å². The molecule has 2 aromatic rings. The SMILES string of the molecule is Cn1cc(S(=O)(=O)N[C@@H]2CCC[C@]2(O)CO)c(F)c1C(=O)Nc1ccc(F)c(F)c1. The highest BCUT2D eigenvalue weighted by Crippen LogP contribution is 2.31. The molecule has 1 aromatic carbocycles. The summed E-state index contributed by atoms with van der Waals surface area (Å²) in [6.07, 6.45) is 1.76. The maximum Gasteiger partial charge on any atom is 0.275 e. The number of hydrogen-bond acceptors (Lipinski definition) is 5. The number of anilines is 1. The Morgan fingerprint density at radius 1 is 1.30 bits per heavy atom. The highest BCUT2D eigenvalue weighted by atomic mass is 32.2. The van der Waals surface area contributed by atoms with Crippen LogP contribution < -0.4 is 10.0 Å². The molecule has 1 heterocycles. The second-order valence-electron chi connectivity index (χ2n) is 7.18. The summed E-state index contributed by atoms with van der Waals surface area (Å²) >= 11 is 0. The second-order valence-corrected chi connectivity index (χ2v) is 8.86. The van der Waals surface area contributed by atoms with Crippen molar-refractivity contribution >= 4 is 21.6 Å². The minimum absolute atomic E-state index is 0.152. The standard InChI is InChI=1S/C18H20F3N3O5S/c1-24-8-13(30(28,29)23-14-3-2-6-18(14,27)9-25)15(21)16(24)17(26)22-10-4-5-11(19)12(20)7-10/h4-5,7-8,14,23,25,27H,2-3,6,9H2,1H3,(H,22,26)/t14-,18+/m1/s1. The zero-order valence-corrected chi connectivity index (χ0v) is 16.6. The van der Waals surface area contributed by atoms with Gasteiger partial charge in [-0.2, -0.15) is 0 Å². The Morgan fingerprint density at radius 2 is 2.00 bits per heavy atom. The first-order valence-electron chi connectivity index (χ1n) is 8.95. The Kier molecular flexibility index (Phi) is 5.96. The lowest BCUT2D eigenvalue weighted by molar-refractivity contribution is -0.0239. The molecule has 3 rings (SSSR count). The van der Waals surface area contributed by atoms with Gasteiger partial charge in [-0.1, -0.05) is 0 Å². The highest BCUT2D eigenvalue weighted by molar-refractivity contribution is 7.89. The van der Waals surface area contributed by atoms with Crippen molar-refractivity contribution in [1.29, 1.82) is 0 Å². The Bertz CT molecular complexity index is 1090. The summed E-state index contributed by atoms with van der Waals surface area (Å²) in [5.74, 6) is -4.78. The predicted molar refractivity (Wildman–Crippen MR) is 99.7 cm³/mol. The van der Waals surface area contributed by atoms with Gasteiger partial charge in [0.1, 0.15) is 16.2 Å². The van der Waals surface area contributed by atoms with Crippen LogP contribution in [0.5, 0.6) is 0 Å². The van der Waals surface area contributed by atoms with Gasteiger partial charge in [-0.3, -0.25) is 4.79 Å². The average Bonchev–Trinajstić information content (AvgIpc) is 3.18. The predicted octanol–water partition coefficient (Wildman–Crippen LogP) is 1.25. The molecule has 1 saturated carbocycles. The molecule has 8 nitrogen and oxygen atoms in total. The molecule has 1 aliphatic rings. The number of carbonyl (C=O) groups is 1. The number of aromatic nitrogens is 1. The molecule has 1 fully saturated rings. The molecule has 1 aliphatic carbocycles. The van der Waals surface area contributed by atoms with E-state index in [-0.39, 0.29) is 18.5 Å². The third-order valence-corrected chi connectivity index (χ3v) is 6.55. The van der Waals surface area contributed by atoms with E-state index in [9.17, 15) is 36.6 Å². The van der Waals surface area contributed by atoms with Crippen LogP contribution in [0.1, 0.15) is 29.8 Å². The minimum atomic E-state index is -4.48. The van der Waals surface area contributed by atoms with Crippen LogP contribution in [0.4, 0.5) is 18.9 Å². The number of amides is 1. The van der Waals surface area contributed by atoms with E-state index >= 15 is 0 Å². The molecular weight excluding hydrogens is 427 g/mol. The Labute approximate surface area is 170 Å². The number of nitrogens with one attached hydrogen (secondary N) is 2. The fraction of sp³-hybridized carbons (Fsp3) is 0.389. The zero-order chi connectivity index (χ0) is 22.3. The lowest BCUT2D eigenvalue weighted by Crippen LogP contribution is -2.51. The third-order valence-electron chi connectivity index (χ3n) is 5.09. The summed E-state index contributed by atoms with van der Waals surface area (Å²) in [6.45, 7) is -0.667. The van der Waals surface area contributed by atoms with Gasteiger partial charge >= 0.3 is 0 Å². The highest BCUT2D eigenvalue weighted by Gasteiger charge is 2.43. The van der Waals surface area contributed by atoms with Crippen molar-refractivity contribution in [3.63, 3.8) is 0 Å². The number of hydrogen-bond donors (Lipinski definition) is 4. The van der Waals surface area contributed by atoms with Crippen LogP contribution in [-0.4, -0.2) is 47.4 Å². The molecule has 2 atom stereocenters. The molecule has 0 radical (unpaired) electrons. The summed E-state index contributed by atoms with van der Waals surface area (Å²) in [6, 6.07) is 1.51. The zero-order valence-electron chi connectivity index (χ0n) is 15.8. The Hall–Kier alpha value is -2.41. The lowest BCUT2D eigenvalue weighted by Gasteiger charge is -2.28. The molecule has 0 unspecified atom stereocenters. The van der Waals surface area contributed by atoms with Crippen molar-refractivity contribution < 1.29 is 36.6 Å². The number of rotatable bonds is 6. The van der Waals surface area contributed by atoms with Crippen LogP contribution in [0.25, 0.3) is 0 Å². The van der Waals surface area contributed by atoms with Crippen LogP contribution in [-0.2, 0) is 17.1 Å². The van der Waals surface area contributed by atoms with E-state index in [1.165, 1.54) is 7.05 Å². The topological polar surface area (TPSA) is 121 Å². The fourth-order valence-corrected chi connectivity index (χ4v) is 4.91. The number of carbonyl (C=O) groups excluding carboxylic acids is 1. The van der Waals surface area contributed by atoms with Crippen LogP contribution in [0.2, 0.25) is 0 Å². The van der Waals surface area contributed by atoms with E-state index in [1.54, 1.807) is 0 Å². The largest absolute Gasteiger partial charge is 0.393 e. The van der Waals surface area contributed by atoms with Crippen LogP contribution in [0, 0.1) is 17.5 Å². The van der Waals surface area contributed by atoms with E-state index in [4.69, 9.17) is 0 Å². The van der Waals surface area contributed by atoms with E-state index < -0.39 is 62.2 Å². The van der Waals surface area contributed by atoms with Crippen molar-refractivity contribution in [2.45, 2.75) is 35.8 Å². The molecule has 0 saturated heterocycles. The van der Waals surface area contributed by atoms with Crippen molar-refractivity contribution in [3.8, 4) is 0 Å². The molecule has 4 N–H and O–H groups in total. The average molecular weight is 447 g/mol. The molecule has 30 heavy (non-hydrogen) atoms. The molecule has 12 heteroatoms. The summed E-state index contributed by atoms with van der Waals surface area (Å²) < 4.78 is 69.6. The number of nitrogens with zero attached hydrogens (tertiary/aromatic N) is 1. The van der Waals surface area contributed by atoms with Crippen LogP contribution in [0.3, 0.4) is 0 Å². The van der Waals surface area contributed by atoms with E-state index in [1.807, 2.05) is 0 Å². The van der Waals surface area contributed by atoms with E-state index in [2.05, 4.69) is 10.0 Å². The van der Waals surface area contributed by atoms with Crippen LogP contribution in [0.15, 0.2) is 29.3 Å².